The van der Waals surface area contributed by atoms with Crippen molar-refractivity contribution in [2.24, 2.45) is 0 Å². The molecule has 4 aliphatic rings. The van der Waals surface area contributed by atoms with Crippen molar-refractivity contribution >= 4 is 0 Å². The van der Waals surface area contributed by atoms with Gasteiger partial charge >= 0.3 is 52.0 Å². The molecule has 0 saturated carbocycles. The normalized spacial score (nSPS) is 14.5. The van der Waals surface area contributed by atoms with Gasteiger partial charge in [0.2, 0.25) is 0 Å². The molecule has 0 aliphatic heterocycles. The van der Waals surface area contributed by atoms with E-state index in [0.717, 1.165) is 25.7 Å². The fraction of sp³-hybridized carbons (Fsp3) is 0.429. The summed E-state index contributed by atoms with van der Waals surface area (Å²) in [6.07, 6.45) is 38.8. The van der Waals surface area contributed by atoms with Gasteiger partial charge in [-0.05, 0) is 0 Å². The molecule has 0 unspecified atom stereocenters. The Morgan fingerprint density at radius 2 is 0.853 bits per heavy atom. The van der Waals surface area contributed by atoms with E-state index in [9.17, 15) is 0 Å². The maximum absolute atomic E-state index is 3.26. The Balaban J connectivity index is -0.0000000731. The Morgan fingerprint density at radius 1 is 0.559 bits per heavy atom. The van der Waals surface area contributed by atoms with E-state index in [0.29, 0.717) is 0 Å². The molecule has 0 aromatic heterocycles. The summed E-state index contributed by atoms with van der Waals surface area (Å²) in [5.74, 6) is 0. The number of allylic oxidation sites excluding steroid dienone is 16. The third-order valence-electron chi connectivity index (χ3n) is 4.30. The molecule has 0 nitrogen and oxygen atoms in total. The van der Waals surface area contributed by atoms with E-state index in [1.54, 1.807) is 0 Å². The topological polar surface area (TPSA) is 0 Å². The molecule has 0 aromatic rings. The van der Waals surface area contributed by atoms with Crippen LogP contribution in [0.1, 0.15) is 79.1 Å². The zero-order valence-corrected chi connectivity index (χ0v) is 29.9. The summed E-state index contributed by atoms with van der Waals surface area (Å²) in [5.41, 5.74) is 5.34. The molecule has 0 fully saturated rings. The van der Waals surface area contributed by atoms with Crippen molar-refractivity contribution in [1.82, 2.24) is 0 Å². The average molecular weight is 784 g/mol. The number of rotatable bonds is 4. The molecule has 0 aromatic carbocycles. The fourth-order valence-corrected chi connectivity index (χ4v) is 2.81. The maximum Gasteiger partial charge on any atom is 4.00 e. The van der Waals surface area contributed by atoms with Crippen LogP contribution in [-0.2, 0) is 52.0 Å². The monoisotopic (exact) mass is 782 g/mol. The third-order valence-corrected chi connectivity index (χ3v) is 4.30. The van der Waals surface area contributed by atoms with Crippen LogP contribution >= 0.6 is 0 Å². The minimum atomic E-state index is 0. The van der Waals surface area contributed by atoms with Gasteiger partial charge in [0.05, 0.1) is 0 Å². The Bertz CT molecular complexity index is 634. The van der Waals surface area contributed by atoms with Crippen molar-refractivity contribution in [1.29, 1.82) is 0 Å². The van der Waals surface area contributed by atoms with Crippen LogP contribution in [0.4, 0.5) is 0 Å². The summed E-state index contributed by atoms with van der Waals surface area (Å²) in [7, 11) is 0. The number of halogens is 4. The van der Waals surface area contributed by atoms with Crippen molar-refractivity contribution < 1.29 is 102 Å². The van der Waals surface area contributed by atoms with Crippen LogP contribution < -0.4 is 49.6 Å². The first-order valence-electron chi connectivity index (χ1n) is 10.7. The molecule has 0 N–H and O–H groups in total. The van der Waals surface area contributed by atoms with Crippen molar-refractivity contribution in [2.45, 2.75) is 79.1 Å². The SMILES string of the molecule is CC1=[C-]CC=C1.CC1=[C-]CC=C1.CCCC1=[C-]CC=C1.CCCC1=[C-]CC=C1.[Cl-].[Cl-].[Cl-].[Cl-].[Hf+4].[Zr+4]. The van der Waals surface area contributed by atoms with Crippen LogP contribution in [0.2, 0.25) is 0 Å². The van der Waals surface area contributed by atoms with Crippen molar-refractivity contribution in [2.75, 3.05) is 0 Å². The molecule has 0 saturated heterocycles. The molecule has 0 heterocycles. The predicted octanol–water partition coefficient (Wildman–Crippen LogP) is -3.65. The molecule has 34 heavy (non-hydrogen) atoms. The Hall–Kier alpha value is 0.833. The predicted molar refractivity (Wildman–Crippen MR) is 123 cm³/mol. The van der Waals surface area contributed by atoms with Crippen LogP contribution in [0.5, 0.6) is 0 Å². The second-order valence-electron chi connectivity index (χ2n) is 7.05. The van der Waals surface area contributed by atoms with Crippen LogP contribution in [0.3, 0.4) is 0 Å². The molecule has 0 spiro atoms. The minimum Gasteiger partial charge on any atom is -1.00 e. The van der Waals surface area contributed by atoms with Gasteiger partial charge in [-0.25, -0.2) is 46.6 Å². The van der Waals surface area contributed by atoms with Gasteiger partial charge < -0.3 is 49.6 Å². The van der Waals surface area contributed by atoms with Gasteiger partial charge in [-0.1, -0.05) is 53.4 Å². The molecule has 0 atom stereocenters. The Morgan fingerprint density at radius 3 is 1.00 bits per heavy atom. The van der Waals surface area contributed by atoms with E-state index in [1.165, 1.54) is 48.0 Å². The van der Waals surface area contributed by atoms with Crippen molar-refractivity contribution in [3.63, 3.8) is 0 Å². The standard InChI is InChI=1S/2C8H11.2C6H7.4ClH.Hf.Zr/c2*1-2-5-8-6-3-4-7-8;2*1-6-4-2-3-5-6;;;;;;/h2*3,6H,2,4-5H2,1H3;2*2,4H,3H2,1H3;4*1H;;/q4*-1;;;;;2*+4/p-4. The minimum absolute atomic E-state index is 0. The van der Waals surface area contributed by atoms with E-state index >= 15 is 0 Å². The van der Waals surface area contributed by atoms with Crippen molar-refractivity contribution in [3.05, 3.63) is 95.2 Å². The van der Waals surface area contributed by atoms with E-state index in [-0.39, 0.29) is 102 Å². The average Bonchev–Trinajstić information content (AvgIpc) is 3.47. The third kappa shape index (κ3) is 27.4. The van der Waals surface area contributed by atoms with Gasteiger partial charge in [0.1, 0.15) is 0 Å². The number of hydrogen-bond donors (Lipinski definition) is 0. The van der Waals surface area contributed by atoms with Crippen LogP contribution in [0.25, 0.3) is 0 Å². The van der Waals surface area contributed by atoms with Gasteiger partial charge in [0.25, 0.3) is 0 Å². The molecule has 0 bridgehead atoms. The second kappa shape index (κ2) is 33.8. The zero-order valence-electron chi connectivity index (χ0n) is 20.8. The maximum atomic E-state index is 3.26. The molecule has 184 valence electrons. The van der Waals surface area contributed by atoms with Gasteiger partial charge in [-0.2, -0.15) is 24.3 Å². The zero-order chi connectivity index (χ0) is 20.5. The smallest absolute Gasteiger partial charge is 1.00 e. The summed E-state index contributed by atoms with van der Waals surface area (Å²) in [5, 5.41) is 0. The van der Waals surface area contributed by atoms with E-state index < -0.39 is 0 Å². The van der Waals surface area contributed by atoms with Crippen LogP contribution in [-0.4, -0.2) is 0 Å². The summed E-state index contributed by atoms with van der Waals surface area (Å²) in [6, 6.07) is 0. The molecule has 4 rings (SSSR count). The quantitative estimate of drug-likeness (QED) is 0.204. The van der Waals surface area contributed by atoms with E-state index in [4.69, 9.17) is 0 Å². The first kappa shape index (κ1) is 48.0. The molecule has 6 heteroatoms. The largest absolute Gasteiger partial charge is 4.00 e. The molecule has 4 aliphatic carbocycles. The molecular formula is C28H36Cl4HfZr. The molecule has 0 amide bonds. The summed E-state index contributed by atoms with van der Waals surface area (Å²) in [4.78, 5) is 0. The molecular weight excluding hydrogens is 748 g/mol. The fourth-order valence-electron chi connectivity index (χ4n) is 2.81. The molecule has 0 radical (unpaired) electrons. The van der Waals surface area contributed by atoms with Gasteiger partial charge in [-0.15, -0.1) is 25.7 Å². The van der Waals surface area contributed by atoms with Gasteiger partial charge in [-0.3, -0.25) is 24.3 Å². The summed E-state index contributed by atoms with van der Waals surface area (Å²) >= 11 is 0. The first-order chi connectivity index (χ1) is 13.7. The first-order valence-corrected chi connectivity index (χ1v) is 10.7. The summed E-state index contributed by atoms with van der Waals surface area (Å²) < 4.78 is 0. The second-order valence-corrected chi connectivity index (χ2v) is 7.05. The van der Waals surface area contributed by atoms with E-state index in [2.05, 4.69) is 101 Å². The Kier molecular flexibility index (Phi) is 47.7. The van der Waals surface area contributed by atoms with Crippen LogP contribution in [0, 0.1) is 24.3 Å². The Labute approximate surface area is 273 Å². The van der Waals surface area contributed by atoms with Gasteiger partial charge in [0.15, 0.2) is 0 Å². The van der Waals surface area contributed by atoms with E-state index in [1.807, 2.05) is 0 Å². The van der Waals surface area contributed by atoms with Crippen molar-refractivity contribution in [3.8, 4) is 0 Å². The van der Waals surface area contributed by atoms with Gasteiger partial charge in [0, 0.05) is 0 Å². The van der Waals surface area contributed by atoms with Crippen LogP contribution in [0.15, 0.2) is 70.9 Å². The number of hydrogen-bond acceptors (Lipinski definition) is 0. The summed E-state index contributed by atoms with van der Waals surface area (Å²) in [6.45, 7) is 8.51.